The normalized spacial score (nSPS) is 11.2. The lowest BCUT2D eigenvalue weighted by atomic mass is 10.0. The standard InChI is InChI=1S/C21H28N2O/c1-7-19-16(6)12-13-20(22-19)17-10-8-9-11-18(17)21(24)23(14(2)3)15(4)5/h8-15H,7H2,1-6H3. The minimum absolute atomic E-state index is 0.0658. The highest BCUT2D eigenvalue weighted by Crippen LogP contribution is 2.25. The van der Waals surface area contributed by atoms with Crippen molar-refractivity contribution >= 4 is 5.91 Å². The van der Waals surface area contributed by atoms with Crippen molar-refractivity contribution in [1.82, 2.24) is 9.88 Å². The lowest BCUT2D eigenvalue weighted by molar-refractivity contribution is 0.0644. The van der Waals surface area contributed by atoms with E-state index in [4.69, 9.17) is 4.98 Å². The molecule has 1 heterocycles. The van der Waals surface area contributed by atoms with Gasteiger partial charge in [-0.25, -0.2) is 0 Å². The number of carbonyl (C=O) groups excluding carboxylic acids is 1. The Kier molecular flexibility index (Phi) is 5.76. The van der Waals surface area contributed by atoms with Crippen LogP contribution >= 0.6 is 0 Å². The van der Waals surface area contributed by atoms with E-state index < -0.39 is 0 Å². The number of hydrogen-bond donors (Lipinski definition) is 0. The van der Waals surface area contributed by atoms with Crippen molar-refractivity contribution in [2.45, 2.75) is 60.0 Å². The molecule has 3 heteroatoms. The van der Waals surface area contributed by atoms with Crippen LogP contribution in [-0.4, -0.2) is 27.9 Å². The van der Waals surface area contributed by atoms with Gasteiger partial charge in [-0.15, -0.1) is 0 Å². The van der Waals surface area contributed by atoms with E-state index in [-0.39, 0.29) is 18.0 Å². The van der Waals surface area contributed by atoms with Crippen LogP contribution in [0.1, 0.15) is 56.2 Å². The molecular formula is C21H28N2O. The summed E-state index contributed by atoms with van der Waals surface area (Å²) in [5.41, 5.74) is 4.77. The first kappa shape index (κ1) is 18.2. The summed E-state index contributed by atoms with van der Waals surface area (Å²) in [5, 5.41) is 0. The van der Waals surface area contributed by atoms with E-state index in [0.717, 1.165) is 28.9 Å². The predicted molar refractivity (Wildman–Crippen MR) is 100 cm³/mol. The van der Waals surface area contributed by atoms with Crippen molar-refractivity contribution in [3.63, 3.8) is 0 Å². The third-order valence-electron chi connectivity index (χ3n) is 4.32. The Morgan fingerprint density at radius 1 is 1.04 bits per heavy atom. The molecule has 0 N–H and O–H groups in total. The van der Waals surface area contributed by atoms with Crippen LogP contribution in [0.2, 0.25) is 0 Å². The molecule has 0 fully saturated rings. The van der Waals surface area contributed by atoms with Gasteiger partial charge < -0.3 is 4.90 Å². The van der Waals surface area contributed by atoms with Gasteiger partial charge in [-0.05, 0) is 58.7 Å². The van der Waals surface area contributed by atoms with E-state index in [1.54, 1.807) is 0 Å². The number of carbonyl (C=O) groups is 1. The number of nitrogens with zero attached hydrogens (tertiary/aromatic N) is 2. The molecule has 24 heavy (non-hydrogen) atoms. The summed E-state index contributed by atoms with van der Waals surface area (Å²) in [7, 11) is 0. The molecule has 2 rings (SSSR count). The lowest BCUT2D eigenvalue weighted by Crippen LogP contribution is -2.42. The number of benzene rings is 1. The Balaban J connectivity index is 2.53. The van der Waals surface area contributed by atoms with Crippen molar-refractivity contribution < 1.29 is 4.79 Å². The zero-order chi connectivity index (χ0) is 17.9. The smallest absolute Gasteiger partial charge is 0.255 e. The highest BCUT2D eigenvalue weighted by molar-refractivity contribution is 6.00. The third kappa shape index (κ3) is 3.66. The number of amides is 1. The zero-order valence-electron chi connectivity index (χ0n) is 15.6. The van der Waals surface area contributed by atoms with Crippen molar-refractivity contribution in [2.75, 3.05) is 0 Å². The average Bonchev–Trinajstić information content (AvgIpc) is 2.54. The second kappa shape index (κ2) is 7.61. The minimum atomic E-state index is 0.0658. The van der Waals surface area contributed by atoms with Gasteiger partial charge in [-0.3, -0.25) is 9.78 Å². The molecule has 0 radical (unpaired) electrons. The van der Waals surface area contributed by atoms with Crippen molar-refractivity contribution in [2.24, 2.45) is 0 Å². The van der Waals surface area contributed by atoms with Crippen molar-refractivity contribution in [3.8, 4) is 11.3 Å². The first-order valence-corrected chi connectivity index (χ1v) is 8.75. The van der Waals surface area contributed by atoms with Gasteiger partial charge in [-0.1, -0.05) is 31.2 Å². The molecule has 0 aliphatic heterocycles. The highest BCUT2D eigenvalue weighted by atomic mass is 16.2. The van der Waals surface area contributed by atoms with Crippen molar-refractivity contribution in [1.29, 1.82) is 0 Å². The molecule has 0 spiro atoms. The Hall–Kier alpha value is -2.16. The first-order chi connectivity index (χ1) is 11.4. The van der Waals surface area contributed by atoms with Gasteiger partial charge >= 0.3 is 0 Å². The molecule has 1 aromatic heterocycles. The maximum Gasteiger partial charge on any atom is 0.255 e. The predicted octanol–water partition coefficient (Wildman–Crippen LogP) is 4.88. The van der Waals surface area contributed by atoms with Gasteiger partial charge in [-0.2, -0.15) is 0 Å². The lowest BCUT2D eigenvalue weighted by Gasteiger charge is -2.31. The van der Waals surface area contributed by atoms with Gasteiger partial charge in [0.1, 0.15) is 0 Å². The van der Waals surface area contributed by atoms with E-state index in [0.29, 0.717) is 0 Å². The summed E-state index contributed by atoms with van der Waals surface area (Å²) >= 11 is 0. The van der Waals surface area contributed by atoms with Crippen LogP contribution in [0.4, 0.5) is 0 Å². The topological polar surface area (TPSA) is 33.2 Å². The molecule has 1 aromatic carbocycles. The second-order valence-corrected chi connectivity index (χ2v) is 6.76. The number of hydrogen-bond acceptors (Lipinski definition) is 2. The van der Waals surface area contributed by atoms with Crippen LogP contribution in [-0.2, 0) is 6.42 Å². The quantitative estimate of drug-likeness (QED) is 0.785. The maximum absolute atomic E-state index is 13.1. The molecule has 128 valence electrons. The molecular weight excluding hydrogens is 296 g/mol. The van der Waals surface area contributed by atoms with Gasteiger partial charge in [0.05, 0.1) is 5.69 Å². The summed E-state index contributed by atoms with van der Waals surface area (Å²) in [5.74, 6) is 0.0658. The average molecular weight is 324 g/mol. The highest BCUT2D eigenvalue weighted by Gasteiger charge is 2.24. The number of rotatable bonds is 5. The van der Waals surface area contributed by atoms with Crippen LogP contribution in [0.15, 0.2) is 36.4 Å². The van der Waals surface area contributed by atoms with Crippen LogP contribution in [0.3, 0.4) is 0 Å². The SMILES string of the molecule is CCc1nc(-c2ccccc2C(=O)N(C(C)C)C(C)C)ccc1C. The molecule has 0 atom stereocenters. The van der Waals surface area contributed by atoms with E-state index in [1.807, 2.05) is 35.2 Å². The molecule has 0 bridgehead atoms. The molecule has 1 amide bonds. The molecule has 0 unspecified atom stereocenters. The monoisotopic (exact) mass is 324 g/mol. The van der Waals surface area contributed by atoms with E-state index in [1.165, 1.54) is 5.56 Å². The van der Waals surface area contributed by atoms with Crippen LogP contribution < -0.4 is 0 Å². The van der Waals surface area contributed by atoms with Crippen molar-refractivity contribution in [3.05, 3.63) is 53.2 Å². The van der Waals surface area contributed by atoms with Gasteiger partial charge in [0.2, 0.25) is 0 Å². The van der Waals surface area contributed by atoms with Gasteiger partial charge in [0.25, 0.3) is 5.91 Å². The Labute approximate surface area is 145 Å². The van der Waals surface area contributed by atoms with Gasteiger partial charge in [0, 0.05) is 28.9 Å². The maximum atomic E-state index is 13.1. The van der Waals surface area contributed by atoms with Crippen LogP contribution in [0.5, 0.6) is 0 Å². The molecule has 2 aromatic rings. The fraction of sp³-hybridized carbons (Fsp3) is 0.429. The minimum Gasteiger partial charge on any atom is -0.334 e. The van der Waals surface area contributed by atoms with Gasteiger partial charge in [0.15, 0.2) is 0 Å². The van der Waals surface area contributed by atoms with Crippen LogP contribution in [0, 0.1) is 6.92 Å². The summed E-state index contributed by atoms with van der Waals surface area (Å²) < 4.78 is 0. The van der Waals surface area contributed by atoms with E-state index in [9.17, 15) is 4.79 Å². The Bertz CT molecular complexity index is 712. The van der Waals surface area contributed by atoms with E-state index >= 15 is 0 Å². The Morgan fingerprint density at radius 2 is 1.67 bits per heavy atom. The fourth-order valence-corrected chi connectivity index (χ4v) is 3.18. The number of aryl methyl sites for hydroxylation is 2. The summed E-state index contributed by atoms with van der Waals surface area (Å²) in [6.45, 7) is 12.4. The fourth-order valence-electron chi connectivity index (χ4n) is 3.18. The second-order valence-electron chi connectivity index (χ2n) is 6.76. The largest absolute Gasteiger partial charge is 0.334 e. The third-order valence-corrected chi connectivity index (χ3v) is 4.32. The Morgan fingerprint density at radius 3 is 2.25 bits per heavy atom. The van der Waals surface area contributed by atoms with E-state index in [2.05, 4.69) is 47.6 Å². The van der Waals surface area contributed by atoms with Crippen LogP contribution in [0.25, 0.3) is 11.3 Å². The molecule has 0 saturated heterocycles. The molecule has 0 saturated carbocycles. The summed E-state index contributed by atoms with van der Waals surface area (Å²) in [6, 6.07) is 12.2. The molecule has 0 aliphatic carbocycles. The number of aromatic nitrogens is 1. The first-order valence-electron chi connectivity index (χ1n) is 8.75. The summed E-state index contributed by atoms with van der Waals surface area (Å²) in [4.78, 5) is 19.8. The zero-order valence-corrected chi connectivity index (χ0v) is 15.6. The number of pyridine rings is 1. The molecule has 3 nitrogen and oxygen atoms in total. The summed E-state index contributed by atoms with van der Waals surface area (Å²) in [6.07, 6.45) is 0.889. The molecule has 0 aliphatic rings.